The summed E-state index contributed by atoms with van der Waals surface area (Å²) in [6, 6.07) is 0.492. The zero-order chi connectivity index (χ0) is 38.3. The largest absolute Gasteiger partial charge is 0.475 e. The van der Waals surface area contributed by atoms with Gasteiger partial charge in [-0.05, 0) is 65.1 Å². The van der Waals surface area contributed by atoms with Gasteiger partial charge in [-0.3, -0.25) is 9.80 Å². The maximum absolute atomic E-state index is 17.1. The topological polar surface area (TPSA) is 112 Å². The Morgan fingerprint density at radius 1 is 1.09 bits per heavy atom. The van der Waals surface area contributed by atoms with Gasteiger partial charge in [-0.1, -0.05) is 11.6 Å². The molecule has 4 fully saturated rings. The number of alkyl halides is 4. The number of aromatic nitrogens is 3. The highest BCUT2D eigenvalue weighted by Crippen LogP contribution is 2.49. The van der Waals surface area contributed by atoms with Crippen molar-refractivity contribution < 1.29 is 50.4 Å². The first kappa shape index (κ1) is 37.0. The number of pyridine rings is 1. The van der Waals surface area contributed by atoms with Crippen molar-refractivity contribution in [2.75, 3.05) is 51.7 Å². The number of hydrogen-bond acceptors (Lipinski definition) is 11. The molecule has 8 rings (SSSR count). The molecule has 0 saturated carbocycles. The minimum absolute atomic E-state index is 0.0229. The number of fused-ring (bicyclic) bond motifs is 6. The van der Waals surface area contributed by atoms with Gasteiger partial charge in [-0.2, -0.15) is 23.1 Å². The smallest absolute Gasteiger partial charge is 0.418 e. The fraction of sp³-hybridized carbons (Fsp3) is 0.611. The number of rotatable bonds is 7. The molecule has 5 aliphatic heterocycles. The number of ether oxygens (including phenoxy) is 5. The summed E-state index contributed by atoms with van der Waals surface area (Å²) in [4.78, 5) is 32.8. The molecule has 1 aromatic carbocycles. The van der Waals surface area contributed by atoms with Crippen molar-refractivity contribution in [2.45, 2.75) is 94.5 Å². The van der Waals surface area contributed by atoms with Crippen molar-refractivity contribution in [2.24, 2.45) is 0 Å². The van der Waals surface area contributed by atoms with Crippen LogP contribution >= 0.6 is 11.6 Å². The molecule has 5 atom stereocenters. The second kappa shape index (κ2) is 13.4. The molecule has 0 N–H and O–H groups in total. The number of piperazine rings is 1. The summed E-state index contributed by atoms with van der Waals surface area (Å²) in [5, 5.41) is -0.710. The average Bonchev–Trinajstić information content (AvgIpc) is 3.69. The molecule has 3 aromatic rings. The third-order valence-corrected chi connectivity index (χ3v) is 11.3. The van der Waals surface area contributed by atoms with Crippen LogP contribution in [0.4, 0.5) is 32.6 Å². The second-order valence-electron chi connectivity index (χ2n) is 15.6. The number of anilines is 1. The average molecular weight is 783 g/mol. The molecule has 18 heteroatoms. The van der Waals surface area contributed by atoms with Crippen molar-refractivity contribution in [1.82, 2.24) is 24.8 Å². The van der Waals surface area contributed by atoms with Crippen molar-refractivity contribution in [3.05, 3.63) is 28.5 Å². The Kier molecular flexibility index (Phi) is 9.15. The summed E-state index contributed by atoms with van der Waals surface area (Å²) in [5.41, 5.74) is -4.51. The lowest BCUT2D eigenvalue weighted by atomic mass is 9.95. The Morgan fingerprint density at radius 3 is 2.63 bits per heavy atom. The summed E-state index contributed by atoms with van der Waals surface area (Å²) in [6.45, 7) is 6.24. The normalized spacial score (nSPS) is 26.4. The van der Waals surface area contributed by atoms with Crippen LogP contribution in [0.2, 0.25) is 5.02 Å². The molecule has 0 aliphatic carbocycles. The quantitative estimate of drug-likeness (QED) is 0.187. The number of carbonyl (C=O) groups excluding carboxylic acids is 1. The van der Waals surface area contributed by atoms with Crippen LogP contribution in [-0.2, 0) is 15.7 Å². The molecule has 5 aliphatic rings. The third kappa shape index (κ3) is 6.38. The maximum Gasteiger partial charge on any atom is 0.418 e. The van der Waals surface area contributed by atoms with Crippen LogP contribution in [-0.4, -0.2) is 113 Å². The predicted octanol–water partition coefficient (Wildman–Crippen LogP) is 6.79. The molecule has 0 spiro atoms. The number of nitrogens with zero attached hydrogens (tertiary/aromatic N) is 6. The van der Waals surface area contributed by atoms with Gasteiger partial charge in [0.15, 0.2) is 12.6 Å². The number of methoxy groups -OCH3 is 1. The van der Waals surface area contributed by atoms with Gasteiger partial charge in [0.2, 0.25) is 5.88 Å². The van der Waals surface area contributed by atoms with Crippen molar-refractivity contribution in [1.29, 1.82) is 0 Å². The summed E-state index contributed by atoms with van der Waals surface area (Å²) in [7, 11) is 1.33. The van der Waals surface area contributed by atoms with E-state index in [1.807, 2.05) is 9.80 Å². The van der Waals surface area contributed by atoms with E-state index in [4.69, 9.17) is 40.3 Å². The molecule has 292 valence electrons. The highest BCUT2D eigenvalue weighted by Gasteiger charge is 2.53. The van der Waals surface area contributed by atoms with Crippen LogP contribution in [0.3, 0.4) is 0 Å². The van der Waals surface area contributed by atoms with Gasteiger partial charge >= 0.3 is 18.3 Å². The molecular formula is C36H40ClF5N6O6. The molecule has 0 unspecified atom stereocenters. The number of amides is 1. The third-order valence-electron chi connectivity index (χ3n) is 11.0. The number of carbonyl (C=O) groups is 1. The minimum atomic E-state index is -5.03. The van der Waals surface area contributed by atoms with E-state index < -0.39 is 69.3 Å². The Balaban J connectivity index is 1.27. The van der Waals surface area contributed by atoms with E-state index >= 15 is 4.39 Å². The first-order valence-electron chi connectivity index (χ1n) is 17.9. The van der Waals surface area contributed by atoms with Crippen molar-refractivity contribution >= 4 is 34.4 Å². The van der Waals surface area contributed by atoms with Crippen LogP contribution in [0.25, 0.3) is 22.2 Å². The lowest BCUT2D eigenvalue weighted by molar-refractivity contribution is -0.137. The van der Waals surface area contributed by atoms with E-state index in [1.165, 1.54) is 7.11 Å². The van der Waals surface area contributed by atoms with Crippen LogP contribution in [0.15, 0.2) is 12.1 Å². The Morgan fingerprint density at radius 2 is 1.89 bits per heavy atom. The zero-order valence-electron chi connectivity index (χ0n) is 30.1. The van der Waals surface area contributed by atoms with Gasteiger partial charge in [0, 0.05) is 32.2 Å². The SMILES string of the molecule is COCOc1cc(Cl)c(C(F)(F)F)c(-c2nc3c4c(nc(OC[C@]56CCCN5C[C@@H](F)C6)nc4c2F)N2C[C@H]4CC[C@@H]([C@H]2CO3)N4C(=O)OC(C)(C)C)c1. The lowest BCUT2D eigenvalue weighted by Crippen LogP contribution is -2.63. The minimum Gasteiger partial charge on any atom is -0.475 e. The number of halogens is 6. The van der Waals surface area contributed by atoms with E-state index in [0.717, 1.165) is 18.6 Å². The Hall–Kier alpha value is -3.96. The second-order valence-corrected chi connectivity index (χ2v) is 16.0. The fourth-order valence-electron chi connectivity index (χ4n) is 8.82. The molecule has 7 heterocycles. The van der Waals surface area contributed by atoms with Crippen molar-refractivity contribution in [3.63, 3.8) is 0 Å². The van der Waals surface area contributed by atoms with E-state index in [0.29, 0.717) is 25.8 Å². The van der Waals surface area contributed by atoms with Gasteiger partial charge in [0.05, 0.1) is 34.3 Å². The van der Waals surface area contributed by atoms with Gasteiger partial charge in [-0.25, -0.2) is 18.6 Å². The summed E-state index contributed by atoms with van der Waals surface area (Å²) >= 11 is 6.19. The van der Waals surface area contributed by atoms with Crippen LogP contribution in [0.5, 0.6) is 17.6 Å². The highest BCUT2D eigenvalue weighted by atomic mass is 35.5. The summed E-state index contributed by atoms with van der Waals surface area (Å²) in [5.74, 6) is -1.33. The molecule has 1 amide bonds. The van der Waals surface area contributed by atoms with Crippen LogP contribution in [0, 0.1) is 5.82 Å². The van der Waals surface area contributed by atoms with E-state index in [2.05, 4.69) is 9.97 Å². The Labute approximate surface area is 312 Å². The van der Waals surface area contributed by atoms with E-state index in [-0.39, 0.29) is 79.9 Å². The molecular weight excluding hydrogens is 743 g/mol. The molecule has 54 heavy (non-hydrogen) atoms. The van der Waals surface area contributed by atoms with Gasteiger partial charge in [0.25, 0.3) is 0 Å². The van der Waals surface area contributed by atoms with Gasteiger partial charge in [0.1, 0.15) is 53.2 Å². The maximum atomic E-state index is 17.1. The summed E-state index contributed by atoms with van der Waals surface area (Å²) in [6.07, 6.45) is -3.45. The van der Waals surface area contributed by atoms with E-state index in [9.17, 15) is 22.4 Å². The monoisotopic (exact) mass is 782 g/mol. The van der Waals surface area contributed by atoms with Gasteiger partial charge in [-0.15, -0.1) is 0 Å². The van der Waals surface area contributed by atoms with Gasteiger partial charge < -0.3 is 28.6 Å². The lowest BCUT2D eigenvalue weighted by Gasteiger charge is -2.46. The molecule has 12 nitrogen and oxygen atoms in total. The number of benzene rings is 1. The Bertz CT molecular complexity index is 1990. The standard InChI is InChI=1S/C36H40ClF5N6O6/c1-34(2,3)54-33(49)48-19-6-7-23(48)24-15-51-31-25-29(27(39)28(43-31)21-10-20(53-17-50-4)11-22(37)26(21)36(40,41)42)44-32(45-30(25)47(24)14-19)52-16-35-8-5-9-46(35)13-18(38)12-35/h10-11,18-19,23-24H,5-9,12-17H2,1-4H3/t18-,19+,23-,24+,35+/m0/s1. The zero-order valence-corrected chi connectivity index (χ0v) is 30.9. The highest BCUT2D eigenvalue weighted by molar-refractivity contribution is 6.32. The summed E-state index contributed by atoms with van der Waals surface area (Å²) < 4.78 is 104. The van der Waals surface area contributed by atoms with E-state index in [1.54, 1.807) is 25.7 Å². The van der Waals surface area contributed by atoms with Crippen molar-refractivity contribution in [3.8, 4) is 28.9 Å². The van der Waals surface area contributed by atoms with Crippen LogP contribution < -0.4 is 19.1 Å². The predicted molar refractivity (Wildman–Crippen MR) is 185 cm³/mol. The molecule has 2 bridgehead atoms. The van der Waals surface area contributed by atoms with Crippen LogP contribution in [0.1, 0.15) is 58.4 Å². The molecule has 2 aromatic heterocycles. The fourth-order valence-corrected chi connectivity index (χ4v) is 9.14. The molecule has 4 saturated heterocycles. The number of hydrogen-bond donors (Lipinski definition) is 0. The first-order valence-corrected chi connectivity index (χ1v) is 18.3. The molecule has 0 radical (unpaired) electrons. The first-order chi connectivity index (χ1) is 25.6.